The summed E-state index contributed by atoms with van der Waals surface area (Å²) in [6.07, 6.45) is -1.16. The fraction of sp³-hybridized carbons (Fsp3) is 0.200. The first kappa shape index (κ1) is 18.2. The van der Waals surface area contributed by atoms with Gasteiger partial charge in [0.15, 0.2) is 0 Å². The van der Waals surface area contributed by atoms with Gasteiger partial charge in [0.1, 0.15) is 6.10 Å². The van der Waals surface area contributed by atoms with Crippen LogP contribution in [0.3, 0.4) is 0 Å². The molecule has 2 rings (SSSR count). The maximum atomic E-state index is 12.3. The fourth-order valence-electron chi connectivity index (χ4n) is 2.03. The molecule has 0 aromatic heterocycles. The lowest BCUT2D eigenvalue weighted by Crippen LogP contribution is -2.30. The molecule has 0 saturated carbocycles. The molecule has 1 unspecified atom stereocenters. The van der Waals surface area contributed by atoms with E-state index in [1.165, 1.54) is 18.2 Å². The summed E-state index contributed by atoms with van der Waals surface area (Å²) in [5, 5.41) is 9.96. The van der Waals surface area contributed by atoms with Crippen LogP contribution in [0.25, 0.3) is 0 Å². The summed E-state index contributed by atoms with van der Waals surface area (Å²) in [5.41, 5.74) is 1.24. The van der Waals surface area contributed by atoms with Crippen LogP contribution in [0.4, 0.5) is 0 Å². The lowest BCUT2D eigenvalue weighted by Gasteiger charge is -2.17. The van der Waals surface area contributed by atoms with Crippen LogP contribution in [-0.4, -0.2) is 20.0 Å². The number of hydrogen-bond acceptors (Lipinski definition) is 5. The van der Waals surface area contributed by atoms with Crippen molar-refractivity contribution in [2.24, 2.45) is 0 Å². The molecule has 9 heteroatoms. The van der Waals surface area contributed by atoms with Crippen molar-refractivity contribution in [1.29, 1.82) is 0 Å². The van der Waals surface area contributed by atoms with Crippen molar-refractivity contribution in [1.82, 2.24) is 4.72 Å². The van der Waals surface area contributed by atoms with Gasteiger partial charge in [0, 0.05) is 17.1 Å². The lowest BCUT2D eigenvalue weighted by atomic mass is 10.1. The topological polar surface area (TPSA) is 98.5 Å². The predicted octanol–water partition coefficient (Wildman–Crippen LogP) is 2.88. The number of benzene rings is 2. The number of sulfonamides is 1. The molecule has 0 fully saturated rings. The summed E-state index contributed by atoms with van der Waals surface area (Å²) in [7, 11) is -3.82. The summed E-state index contributed by atoms with van der Waals surface area (Å²) in [5.74, 6) is 0. The van der Waals surface area contributed by atoms with Gasteiger partial charge in [-0.1, -0.05) is 47.5 Å². The van der Waals surface area contributed by atoms with Gasteiger partial charge in [-0.05, 0) is 25.1 Å². The van der Waals surface area contributed by atoms with E-state index < -0.39 is 21.2 Å². The molecule has 0 aliphatic carbocycles. The summed E-state index contributed by atoms with van der Waals surface area (Å²) in [4.78, 5) is 15.3. The Labute approximate surface area is 144 Å². The molecule has 7 nitrogen and oxygen atoms in total. The quantitative estimate of drug-likeness (QED) is 0.596. The minimum atomic E-state index is -3.82. The highest BCUT2D eigenvalue weighted by Crippen LogP contribution is 2.25. The monoisotopic (exact) mass is 370 g/mol. The molecule has 0 bridgehead atoms. The second-order valence-corrected chi connectivity index (χ2v) is 7.18. The van der Waals surface area contributed by atoms with Crippen molar-refractivity contribution >= 4 is 21.6 Å². The number of aryl methyl sites for hydroxylation is 1. The maximum absolute atomic E-state index is 12.3. The number of nitrogens with zero attached hydrogens (tertiary/aromatic N) is 1. The molecule has 0 amide bonds. The molecule has 2 aromatic carbocycles. The molecular weight excluding hydrogens is 356 g/mol. The molecular formula is C15H15ClN2O5S. The molecule has 1 N–H and O–H groups in total. The molecule has 1 atom stereocenters. The predicted molar refractivity (Wildman–Crippen MR) is 88.6 cm³/mol. The number of nitrogens with one attached hydrogen (secondary N) is 1. The fourth-order valence-corrected chi connectivity index (χ4v) is 3.32. The Hall–Kier alpha value is -2.16. The minimum Gasteiger partial charge on any atom is -0.304 e. The van der Waals surface area contributed by atoms with Gasteiger partial charge in [-0.2, -0.15) is 0 Å². The first-order valence-electron chi connectivity index (χ1n) is 6.91. The van der Waals surface area contributed by atoms with Crippen LogP contribution in [-0.2, 0) is 14.9 Å². The van der Waals surface area contributed by atoms with E-state index in [-0.39, 0.29) is 16.5 Å². The minimum absolute atomic E-state index is 0.0621. The van der Waals surface area contributed by atoms with Crippen molar-refractivity contribution in [3.63, 3.8) is 0 Å². The van der Waals surface area contributed by atoms with Crippen LogP contribution >= 0.6 is 11.6 Å². The van der Waals surface area contributed by atoms with Gasteiger partial charge in [-0.25, -0.2) is 13.1 Å². The molecule has 0 aliphatic rings. The van der Waals surface area contributed by atoms with E-state index in [0.717, 1.165) is 5.56 Å². The SMILES string of the molecule is Cc1ccc(S(=O)(=O)NCC(O[N+](=O)[O-])c2ccccc2Cl)cc1. The van der Waals surface area contributed by atoms with E-state index in [9.17, 15) is 18.5 Å². The zero-order valence-corrected chi connectivity index (χ0v) is 14.3. The van der Waals surface area contributed by atoms with Crippen molar-refractivity contribution in [2.75, 3.05) is 6.54 Å². The highest BCUT2D eigenvalue weighted by molar-refractivity contribution is 7.89. The van der Waals surface area contributed by atoms with E-state index in [1.54, 1.807) is 30.3 Å². The Bertz CT molecular complexity index is 824. The standard InChI is InChI=1S/C15H15ClN2O5S/c1-11-6-8-12(9-7-11)24(21,22)17-10-15(23-18(19)20)13-4-2-3-5-14(13)16/h2-9,15,17H,10H2,1H3. The molecule has 24 heavy (non-hydrogen) atoms. The lowest BCUT2D eigenvalue weighted by molar-refractivity contribution is -0.770. The second kappa shape index (κ2) is 7.61. The van der Waals surface area contributed by atoms with E-state index in [1.807, 2.05) is 6.92 Å². The molecule has 2 aromatic rings. The van der Waals surface area contributed by atoms with E-state index in [0.29, 0.717) is 5.56 Å². The molecule has 0 saturated heterocycles. The van der Waals surface area contributed by atoms with Gasteiger partial charge in [0.2, 0.25) is 10.0 Å². The van der Waals surface area contributed by atoms with E-state index >= 15 is 0 Å². The van der Waals surface area contributed by atoms with E-state index in [4.69, 9.17) is 11.6 Å². The van der Waals surface area contributed by atoms with E-state index in [2.05, 4.69) is 9.56 Å². The van der Waals surface area contributed by atoms with Gasteiger partial charge in [0.25, 0.3) is 5.09 Å². The van der Waals surface area contributed by atoms with Crippen LogP contribution in [0.15, 0.2) is 53.4 Å². The molecule has 0 spiro atoms. The van der Waals surface area contributed by atoms with Gasteiger partial charge in [0.05, 0.1) is 4.90 Å². The smallest absolute Gasteiger partial charge is 0.295 e. The number of halogens is 1. The number of rotatable bonds is 7. The second-order valence-electron chi connectivity index (χ2n) is 5.00. The summed E-state index contributed by atoms with van der Waals surface area (Å²) in [6, 6.07) is 12.6. The third-order valence-electron chi connectivity index (χ3n) is 3.26. The zero-order chi connectivity index (χ0) is 17.7. The third-order valence-corrected chi connectivity index (χ3v) is 5.04. The van der Waals surface area contributed by atoms with Gasteiger partial charge >= 0.3 is 0 Å². The summed E-state index contributed by atoms with van der Waals surface area (Å²) >= 11 is 6.01. The van der Waals surface area contributed by atoms with Crippen molar-refractivity contribution < 1.29 is 18.3 Å². The van der Waals surface area contributed by atoms with Gasteiger partial charge < -0.3 is 4.84 Å². The molecule has 128 valence electrons. The Balaban J connectivity index is 2.20. The summed E-state index contributed by atoms with van der Waals surface area (Å²) < 4.78 is 26.9. The number of hydrogen-bond donors (Lipinski definition) is 1. The normalized spacial score (nSPS) is 12.6. The summed E-state index contributed by atoms with van der Waals surface area (Å²) in [6.45, 7) is 1.50. The van der Waals surface area contributed by atoms with Crippen LogP contribution in [0.5, 0.6) is 0 Å². The molecule has 0 heterocycles. The Morgan fingerprint density at radius 3 is 2.42 bits per heavy atom. The van der Waals surface area contributed by atoms with Crippen molar-refractivity contribution in [3.05, 3.63) is 74.8 Å². The van der Waals surface area contributed by atoms with Crippen LogP contribution in [0.1, 0.15) is 17.2 Å². The average Bonchev–Trinajstić information content (AvgIpc) is 2.52. The maximum Gasteiger partial charge on any atom is 0.295 e. The molecule has 0 radical (unpaired) electrons. The Kier molecular flexibility index (Phi) is 5.76. The first-order chi connectivity index (χ1) is 11.3. The zero-order valence-electron chi connectivity index (χ0n) is 12.7. The Morgan fingerprint density at radius 1 is 1.21 bits per heavy atom. The van der Waals surface area contributed by atoms with Crippen molar-refractivity contribution in [2.45, 2.75) is 17.9 Å². The van der Waals surface area contributed by atoms with Crippen LogP contribution < -0.4 is 4.72 Å². The van der Waals surface area contributed by atoms with Gasteiger partial charge in [-0.15, -0.1) is 10.1 Å². The Morgan fingerprint density at radius 2 is 1.83 bits per heavy atom. The van der Waals surface area contributed by atoms with Crippen LogP contribution in [0, 0.1) is 17.0 Å². The highest BCUT2D eigenvalue weighted by Gasteiger charge is 2.22. The van der Waals surface area contributed by atoms with Crippen molar-refractivity contribution in [3.8, 4) is 0 Å². The first-order valence-corrected chi connectivity index (χ1v) is 8.77. The van der Waals surface area contributed by atoms with Gasteiger partial charge in [-0.3, -0.25) is 0 Å². The third kappa shape index (κ3) is 4.67. The average molecular weight is 371 g/mol. The largest absolute Gasteiger partial charge is 0.304 e. The molecule has 0 aliphatic heterocycles. The highest BCUT2D eigenvalue weighted by atomic mass is 35.5. The van der Waals surface area contributed by atoms with Crippen LogP contribution in [0.2, 0.25) is 5.02 Å².